The Balaban J connectivity index is 2.37. The Morgan fingerprint density at radius 2 is 1.80 bits per heavy atom. The van der Waals surface area contributed by atoms with Crippen LogP contribution in [0.4, 0.5) is 5.69 Å². The maximum absolute atomic E-state index is 11.6. The largest absolute Gasteiger partial charge is 0.396 e. The van der Waals surface area contributed by atoms with Crippen molar-refractivity contribution in [3.05, 3.63) is 28.2 Å². The van der Waals surface area contributed by atoms with Crippen LogP contribution in [0.3, 0.4) is 0 Å². The van der Waals surface area contributed by atoms with Crippen LogP contribution in [0.15, 0.2) is 18.2 Å². The van der Waals surface area contributed by atoms with Crippen LogP contribution in [0, 0.1) is 0 Å². The van der Waals surface area contributed by atoms with Gasteiger partial charge in [0.1, 0.15) is 0 Å². The van der Waals surface area contributed by atoms with Gasteiger partial charge in [-0.15, -0.1) is 0 Å². The van der Waals surface area contributed by atoms with E-state index in [9.17, 15) is 9.59 Å². The minimum absolute atomic E-state index is 0.131. The summed E-state index contributed by atoms with van der Waals surface area (Å²) >= 11 is 11.6. The third-order valence-corrected chi connectivity index (χ3v) is 3.24. The third-order valence-electron chi connectivity index (χ3n) is 2.50. The van der Waals surface area contributed by atoms with Crippen molar-refractivity contribution in [2.75, 3.05) is 18.5 Å². The molecule has 5 nitrogen and oxygen atoms in total. The van der Waals surface area contributed by atoms with Crippen LogP contribution in [0.5, 0.6) is 0 Å². The molecule has 0 aliphatic carbocycles. The van der Waals surface area contributed by atoms with Crippen LogP contribution >= 0.6 is 23.2 Å². The number of aliphatic hydroxyl groups excluding tert-OH is 1. The monoisotopic (exact) mass is 318 g/mol. The number of halogens is 2. The van der Waals surface area contributed by atoms with Crippen molar-refractivity contribution in [1.29, 1.82) is 0 Å². The van der Waals surface area contributed by atoms with E-state index in [1.54, 1.807) is 6.07 Å². The predicted molar refractivity (Wildman–Crippen MR) is 79.0 cm³/mol. The summed E-state index contributed by atoms with van der Waals surface area (Å²) in [4.78, 5) is 23.1. The number of amides is 2. The number of carbonyl (C=O) groups is 2. The maximum atomic E-state index is 11.6. The van der Waals surface area contributed by atoms with Gasteiger partial charge in [-0.25, -0.2) is 0 Å². The molecule has 1 aromatic rings. The van der Waals surface area contributed by atoms with Gasteiger partial charge in [0.25, 0.3) is 0 Å². The number of rotatable bonds is 6. The van der Waals surface area contributed by atoms with E-state index < -0.39 is 11.8 Å². The van der Waals surface area contributed by atoms with Crippen molar-refractivity contribution in [3.63, 3.8) is 0 Å². The van der Waals surface area contributed by atoms with E-state index in [1.807, 2.05) is 0 Å². The van der Waals surface area contributed by atoms with Gasteiger partial charge < -0.3 is 15.7 Å². The second-order valence-corrected chi connectivity index (χ2v) is 4.94. The van der Waals surface area contributed by atoms with Gasteiger partial charge in [-0.05, 0) is 37.5 Å². The van der Waals surface area contributed by atoms with Crippen molar-refractivity contribution in [3.8, 4) is 0 Å². The number of anilines is 1. The summed E-state index contributed by atoms with van der Waals surface area (Å²) in [7, 11) is 0. The minimum atomic E-state index is -0.759. The molecule has 3 N–H and O–H groups in total. The van der Waals surface area contributed by atoms with Crippen LogP contribution in [-0.2, 0) is 9.59 Å². The summed E-state index contributed by atoms with van der Waals surface area (Å²) in [6, 6.07) is 4.56. The summed E-state index contributed by atoms with van der Waals surface area (Å²) in [6.45, 7) is 0.527. The zero-order valence-corrected chi connectivity index (χ0v) is 12.3. The first kappa shape index (κ1) is 16.8. The molecule has 0 bridgehead atoms. The molecule has 0 saturated carbocycles. The zero-order valence-electron chi connectivity index (χ0n) is 10.8. The quantitative estimate of drug-likeness (QED) is 0.556. The normalized spacial score (nSPS) is 10.2. The fourth-order valence-corrected chi connectivity index (χ4v) is 1.76. The van der Waals surface area contributed by atoms with Gasteiger partial charge in [-0.2, -0.15) is 0 Å². The van der Waals surface area contributed by atoms with Crippen LogP contribution in [-0.4, -0.2) is 30.1 Å². The number of nitrogens with one attached hydrogen (secondary N) is 2. The van der Waals surface area contributed by atoms with Crippen LogP contribution in [0.1, 0.15) is 19.3 Å². The van der Waals surface area contributed by atoms with E-state index in [0.29, 0.717) is 35.1 Å². The second-order valence-electron chi connectivity index (χ2n) is 4.12. The highest BCUT2D eigenvalue weighted by atomic mass is 35.5. The predicted octanol–water partition coefficient (Wildman–Crippen LogP) is 2.21. The molecule has 1 aromatic carbocycles. The summed E-state index contributed by atoms with van der Waals surface area (Å²) < 4.78 is 0. The molecule has 0 aliphatic heterocycles. The molecule has 0 radical (unpaired) electrons. The number of aliphatic hydroxyl groups is 1. The smallest absolute Gasteiger partial charge is 0.313 e. The lowest BCUT2D eigenvalue weighted by molar-refractivity contribution is -0.136. The highest BCUT2D eigenvalue weighted by molar-refractivity contribution is 6.42. The Kier molecular flexibility index (Phi) is 7.36. The first-order chi connectivity index (χ1) is 9.54. The average molecular weight is 319 g/mol. The van der Waals surface area contributed by atoms with Crippen molar-refractivity contribution in [1.82, 2.24) is 5.32 Å². The fourth-order valence-electron chi connectivity index (χ4n) is 1.46. The van der Waals surface area contributed by atoms with Gasteiger partial charge in [0, 0.05) is 18.8 Å². The highest BCUT2D eigenvalue weighted by Crippen LogP contribution is 2.24. The van der Waals surface area contributed by atoms with Crippen molar-refractivity contribution in [2.24, 2.45) is 0 Å². The molecule has 110 valence electrons. The standard InChI is InChI=1S/C13H16Cl2N2O3/c14-10-5-4-9(8-11(10)15)17-13(20)12(19)16-6-2-1-3-7-18/h4-5,8,18H,1-3,6-7H2,(H,16,19)(H,17,20). The van der Waals surface area contributed by atoms with Gasteiger partial charge in [-0.3, -0.25) is 9.59 Å². The molecule has 0 fully saturated rings. The van der Waals surface area contributed by atoms with E-state index in [-0.39, 0.29) is 6.61 Å². The van der Waals surface area contributed by atoms with Crippen LogP contribution < -0.4 is 10.6 Å². The number of benzene rings is 1. The molecule has 0 spiro atoms. The van der Waals surface area contributed by atoms with Crippen molar-refractivity contribution < 1.29 is 14.7 Å². The van der Waals surface area contributed by atoms with E-state index in [4.69, 9.17) is 28.3 Å². The molecule has 20 heavy (non-hydrogen) atoms. The topological polar surface area (TPSA) is 78.4 Å². The molecule has 0 heterocycles. The first-order valence-electron chi connectivity index (χ1n) is 6.19. The molecule has 0 atom stereocenters. The van der Waals surface area contributed by atoms with Crippen LogP contribution in [0.25, 0.3) is 0 Å². The number of carbonyl (C=O) groups excluding carboxylic acids is 2. The Morgan fingerprint density at radius 3 is 2.45 bits per heavy atom. The molecule has 7 heteroatoms. The van der Waals surface area contributed by atoms with E-state index in [2.05, 4.69) is 10.6 Å². The Morgan fingerprint density at radius 1 is 1.05 bits per heavy atom. The number of unbranched alkanes of at least 4 members (excludes halogenated alkanes) is 2. The Labute approximate surface area is 127 Å². The van der Waals surface area contributed by atoms with Gasteiger partial charge in [0.15, 0.2) is 0 Å². The molecule has 0 aromatic heterocycles. The minimum Gasteiger partial charge on any atom is -0.396 e. The molecule has 0 saturated heterocycles. The lowest BCUT2D eigenvalue weighted by atomic mass is 10.2. The molecule has 0 aliphatic rings. The molecular formula is C13H16Cl2N2O3. The van der Waals surface area contributed by atoms with Crippen molar-refractivity contribution >= 4 is 40.7 Å². The summed E-state index contributed by atoms with van der Waals surface area (Å²) in [5.41, 5.74) is 0.403. The lowest BCUT2D eigenvalue weighted by Crippen LogP contribution is -2.35. The number of hydrogen-bond acceptors (Lipinski definition) is 3. The van der Waals surface area contributed by atoms with E-state index in [1.165, 1.54) is 12.1 Å². The third kappa shape index (κ3) is 5.77. The summed E-state index contributed by atoms with van der Waals surface area (Å²) in [6.07, 6.45) is 2.20. The van der Waals surface area contributed by atoms with Crippen LogP contribution in [0.2, 0.25) is 10.0 Å². The van der Waals surface area contributed by atoms with Gasteiger partial charge in [0.05, 0.1) is 10.0 Å². The maximum Gasteiger partial charge on any atom is 0.313 e. The Hall–Kier alpha value is -1.30. The second kappa shape index (κ2) is 8.79. The molecule has 2 amide bonds. The SMILES string of the molecule is O=C(NCCCCCO)C(=O)Nc1ccc(Cl)c(Cl)c1. The summed E-state index contributed by atoms with van der Waals surface area (Å²) in [5.74, 6) is -1.47. The summed E-state index contributed by atoms with van der Waals surface area (Å²) in [5, 5.41) is 14.2. The average Bonchev–Trinajstić information content (AvgIpc) is 2.42. The van der Waals surface area contributed by atoms with Gasteiger partial charge >= 0.3 is 11.8 Å². The van der Waals surface area contributed by atoms with Crippen molar-refractivity contribution in [2.45, 2.75) is 19.3 Å². The Bertz CT molecular complexity index is 481. The van der Waals surface area contributed by atoms with E-state index in [0.717, 1.165) is 6.42 Å². The molecule has 0 unspecified atom stereocenters. The van der Waals surface area contributed by atoms with Gasteiger partial charge in [0.2, 0.25) is 0 Å². The molecule has 1 rings (SSSR count). The lowest BCUT2D eigenvalue weighted by Gasteiger charge is -2.07. The number of hydrogen-bond donors (Lipinski definition) is 3. The van der Waals surface area contributed by atoms with Gasteiger partial charge in [-0.1, -0.05) is 23.2 Å². The first-order valence-corrected chi connectivity index (χ1v) is 6.95. The zero-order chi connectivity index (χ0) is 15.0. The van der Waals surface area contributed by atoms with E-state index >= 15 is 0 Å². The molecular weight excluding hydrogens is 303 g/mol. The fraction of sp³-hybridized carbons (Fsp3) is 0.385. The highest BCUT2D eigenvalue weighted by Gasteiger charge is 2.13.